The van der Waals surface area contributed by atoms with Crippen molar-refractivity contribution in [2.75, 3.05) is 18.5 Å². The van der Waals surface area contributed by atoms with Gasteiger partial charge in [0.15, 0.2) is 11.6 Å². The van der Waals surface area contributed by atoms with Crippen molar-refractivity contribution in [3.05, 3.63) is 59.7 Å². The maximum atomic E-state index is 13.7. The number of carbonyl (C=O) groups excluding carboxylic acids is 3. The maximum Gasteiger partial charge on any atom is 0.251 e. The lowest BCUT2D eigenvalue weighted by Gasteiger charge is -2.18. The summed E-state index contributed by atoms with van der Waals surface area (Å²) in [6.45, 7) is 1.11. The average Bonchev–Trinajstić information content (AvgIpc) is 2.72. The van der Waals surface area contributed by atoms with Gasteiger partial charge in [0.05, 0.1) is 6.04 Å². The van der Waals surface area contributed by atoms with Crippen molar-refractivity contribution in [2.45, 2.75) is 32.2 Å². The molecule has 164 valence electrons. The van der Waals surface area contributed by atoms with Gasteiger partial charge in [0.25, 0.3) is 5.91 Å². The van der Waals surface area contributed by atoms with E-state index in [-0.39, 0.29) is 17.9 Å². The molecule has 0 aliphatic carbocycles. The van der Waals surface area contributed by atoms with Crippen molar-refractivity contribution < 1.29 is 27.9 Å². The second-order valence-electron chi connectivity index (χ2n) is 6.73. The molecule has 0 aromatic heterocycles. The third-order valence-corrected chi connectivity index (χ3v) is 4.24. The Morgan fingerprint density at radius 2 is 2.00 bits per heavy atom. The number of anilines is 1. The zero-order valence-electron chi connectivity index (χ0n) is 17.0. The molecule has 2 aromatic carbocycles. The van der Waals surface area contributed by atoms with E-state index in [2.05, 4.69) is 16.7 Å². The molecule has 0 aliphatic rings. The minimum Gasteiger partial charge on any atom is -0.479 e. The highest BCUT2D eigenvalue weighted by Crippen LogP contribution is 2.19. The minimum atomic E-state index is -1.11. The van der Waals surface area contributed by atoms with E-state index in [9.17, 15) is 23.2 Å². The molecule has 0 spiro atoms. The lowest BCUT2D eigenvalue weighted by Crippen LogP contribution is -2.43. The molecule has 0 radical (unpaired) electrons. The van der Waals surface area contributed by atoms with E-state index in [0.717, 1.165) is 6.07 Å². The summed E-state index contributed by atoms with van der Waals surface area (Å²) in [5.74, 6) is -4.25. The van der Waals surface area contributed by atoms with Crippen molar-refractivity contribution in [3.8, 4) is 5.75 Å². The first-order valence-corrected chi connectivity index (χ1v) is 9.63. The Kier molecular flexibility index (Phi) is 8.91. The van der Waals surface area contributed by atoms with Crippen LogP contribution in [0.1, 0.15) is 36.5 Å². The Hall–Kier alpha value is -3.51. The van der Waals surface area contributed by atoms with Crippen LogP contribution in [-0.2, 0) is 9.59 Å². The summed E-state index contributed by atoms with van der Waals surface area (Å²) in [4.78, 5) is 36.5. The second kappa shape index (κ2) is 11.6. The molecule has 1 atom stereocenters. The van der Waals surface area contributed by atoms with Crippen molar-refractivity contribution in [1.29, 1.82) is 0 Å². The molecule has 7 nitrogen and oxygen atoms in total. The minimum absolute atomic E-state index is 0.231. The monoisotopic (exact) mass is 431 g/mol. The molecule has 0 unspecified atom stereocenters. The molecule has 9 heteroatoms. The predicted molar refractivity (Wildman–Crippen MR) is 109 cm³/mol. The van der Waals surface area contributed by atoms with Crippen LogP contribution >= 0.6 is 0 Å². The predicted octanol–water partition coefficient (Wildman–Crippen LogP) is 2.40. The molecule has 0 aliphatic heterocycles. The van der Waals surface area contributed by atoms with Crippen molar-refractivity contribution in [1.82, 2.24) is 5.32 Å². The Labute approximate surface area is 179 Å². The summed E-state index contributed by atoms with van der Waals surface area (Å²) in [5.41, 5.74) is 6.15. The molecular formula is C22H23F2N3O4. The molecule has 4 N–H and O–H groups in total. The number of nitrogens with two attached hydrogens (primary N) is 1. The summed E-state index contributed by atoms with van der Waals surface area (Å²) in [6, 6.07) is 10.3. The number of amides is 2. The van der Waals surface area contributed by atoms with Gasteiger partial charge >= 0.3 is 0 Å². The fourth-order valence-electron chi connectivity index (χ4n) is 2.76. The van der Waals surface area contributed by atoms with Crippen LogP contribution in [0.4, 0.5) is 14.5 Å². The van der Waals surface area contributed by atoms with Crippen LogP contribution in [0, 0.1) is 23.8 Å². The SMILES string of the molecule is CC(=O)Nc1cccc(C(=O)N[C@@H](CCCCN)C(=O)COc2c(F)c#ccc2F)c1. The van der Waals surface area contributed by atoms with E-state index in [0.29, 0.717) is 25.1 Å². The third-order valence-electron chi connectivity index (χ3n) is 4.24. The second-order valence-corrected chi connectivity index (χ2v) is 6.73. The highest BCUT2D eigenvalue weighted by molar-refractivity contribution is 5.99. The number of halogens is 2. The zero-order valence-corrected chi connectivity index (χ0v) is 17.0. The van der Waals surface area contributed by atoms with E-state index >= 15 is 0 Å². The number of hydrogen-bond acceptors (Lipinski definition) is 5. The first-order valence-electron chi connectivity index (χ1n) is 9.63. The smallest absolute Gasteiger partial charge is 0.251 e. The highest BCUT2D eigenvalue weighted by Gasteiger charge is 2.23. The van der Waals surface area contributed by atoms with E-state index in [1.165, 1.54) is 19.1 Å². The first kappa shape index (κ1) is 23.8. The number of Topliss-reactive ketones (excluding diaryl/α,β-unsaturated/α-hetero) is 1. The number of ketones is 1. The van der Waals surface area contributed by atoms with Gasteiger partial charge in [-0.2, -0.15) is 4.39 Å². The van der Waals surface area contributed by atoms with E-state index in [1.54, 1.807) is 12.1 Å². The standard InChI is InChI=1S/C22H23F2N3O4/c1-14(28)26-16-7-4-6-15(12-16)22(30)27-19(10-2-3-11-25)20(29)13-31-21-17(23)8-5-9-18(21)24/h4,6-8,12,19H,2-3,10-11,13,25H2,1H3,(H,26,28)(H,27,30)/t19-/m0/s1. The fourth-order valence-corrected chi connectivity index (χ4v) is 2.76. The molecule has 2 rings (SSSR count). The molecule has 31 heavy (non-hydrogen) atoms. The fraction of sp³-hybridized carbons (Fsp3) is 0.318. The first-order chi connectivity index (χ1) is 14.8. The van der Waals surface area contributed by atoms with Gasteiger partial charge in [-0.25, -0.2) is 4.39 Å². The molecule has 0 bridgehead atoms. The van der Waals surface area contributed by atoms with Crippen molar-refractivity contribution in [3.63, 3.8) is 0 Å². The van der Waals surface area contributed by atoms with Crippen LogP contribution in [0.2, 0.25) is 0 Å². The van der Waals surface area contributed by atoms with E-state index < -0.39 is 41.7 Å². The quantitative estimate of drug-likeness (QED) is 0.473. The molecule has 2 amide bonds. The van der Waals surface area contributed by atoms with Gasteiger partial charge in [0, 0.05) is 24.2 Å². The average molecular weight is 431 g/mol. The summed E-state index contributed by atoms with van der Waals surface area (Å²) in [7, 11) is 0. The Balaban J connectivity index is 2.09. The van der Waals surface area contributed by atoms with Crippen LogP contribution in [0.3, 0.4) is 0 Å². The van der Waals surface area contributed by atoms with Crippen molar-refractivity contribution >= 4 is 23.3 Å². The van der Waals surface area contributed by atoms with Gasteiger partial charge in [-0.15, -0.1) is 0 Å². The molecule has 0 saturated heterocycles. The molecule has 0 heterocycles. The lowest BCUT2D eigenvalue weighted by atomic mass is 10.0. The third kappa shape index (κ3) is 7.35. The summed E-state index contributed by atoms with van der Waals surface area (Å²) < 4.78 is 32.3. The summed E-state index contributed by atoms with van der Waals surface area (Å²) in [5, 5.41) is 5.19. The van der Waals surface area contributed by atoms with Gasteiger partial charge in [-0.1, -0.05) is 12.1 Å². The maximum absolute atomic E-state index is 13.7. The van der Waals surface area contributed by atoms with E-state index in [1.807, 2.05) is 6.07 Å². The van der Waals surface area contributed by atoms with E-state index in [4.69, 9.17) is 10.5 Å². The van der Waals surface area contributed by atoms with Crippen LogP contribution in [0.5, 0.6) is 5.75 Å². The molecule has 0 fully saturated rings. The van der Waals surface area contributed by atoms with Gasteiger partial charge in [0.2, 0.25) is 17.5 Å². The number of rotatable bonds is 11. The number of benzene rings is 1. The van der Waals surface area contributed by atoms with Crippen molar-refractivity contribution in [2.24, 2.45) is 5.73 Å². The van der Waals surface area contributed by atoms with Gasteiger partial charge < -0.3 is 21.1 Å². The number of carbonyl (C=O) groups is 3. The Bertz CT molecular complexity index is 916. The number of unbranched alkanes of at least 4 members (excludes halogenated alkanes) is 1. The molecule has 2 aromatic rings. The van der Waals surface area contributed by atoms with Gasteiger partial charge in [-0.05, 0) is 50.1 Å². The van der Waals surface area contributed by atoms with Crippen LogP contribution in [0.15, 0.2) is 30.3 Å². The highest BCUT2D eigenvalue weighted by atomic mass is 19.1. The van der Waals surface area contributed by atoms with Crippen LogP contribution in [-0.4, -0.2) is 36.8 Å². The summed E-state index contributed by atoms with van der Waals surface area (Å²) in [6.07, 6.45) is 1.46. The normalized spacial score (nSPS) is 11.2. The zero-order chi connectivity index (χ0) is 22.8. The number of nitrogens with one attached hydrogen (secondary N) is 2. The topological polar surface area (TPSA) is 111 Å². The molecule has 0 saturated carbocycles. The van der Waals surface area contributed by atoms with Crippen LogP contribution < -0.4 is 21.1 Å². The number of hydrogen-bond donors (Lipinski definition) is 3. The molecular weight excluding hydrogens is 408 g/mol. The Morgan fingerprint density at radius 1 is 1.23 bits per heavy atom. The Morgan fingerprint density at radius 3 is 2.68 bits per heavy atom. The number of ether oxygens (including phenoxy) is 1. The van der Waals surface area contributed by atoms with Crippen LogP contribution in [0.25, 0.3) is 0 Å². The lowest BCUT2D eigenvalue weighted by molar-refractivity contribution is -0.123. The largest absolute Gasteiger partial charge is 0.479 e. The van der Waals surface area contributed by atoms with Gasteiger partial charge in [-0.3, -0.25) is 14.4 Å². The van der Waals surface area contributed by atoms with Gasteiger partial charge in [0.1, 0.15) is 6.61 Å². The summed E-state index contributed by atoms with van der Waals surface area (Å²) >= 11 is 0.